The number of carbonyl (C=O) groups is 1. The highest BCUT2D eigenvalue weighted by atomic mass is 32.3. The first-order chi connectivity index (χ1) is 14.8. The molecule has 1 aliphatic heterocycles. The third-order valence-corrected chi connectivity index (χ3v) is 5.74. The van der Waals surface area contributed by atoms with Gasteiger partial charge in [0, 0.05) is 5.92 Å². The van der Waals surface area contributed by atoms with Gasteiger partial charge in [-0.1, -0.05) is 22.9 Å². The summed E-state index contributed by atoms with van der Waals surface area (Å²) in [5.74, 6) is -1.03. The molecule has 1 heterocycles. The summed E-state index contributed by atoms with van der Waals surface area (Å²) in [5.41, 5.74) is 1.59. The van der Waals surface area contributed by atoms with Crippen molar-refractivity contribution >= 4 is 16.5 Å². The highest BCUT2D eigenvalue weighted by Gasteiger charge is 2.49. The number of fused-ring (bicyclic) bond motifs is 2. The largest absolute Gasteiger partial charge is 0.494 e. The van der Waals surface area contributed by atoms with Gasteiger partial charge < -0.3 is 18.9 Å². The number of esters is 1. The molecule has 2 aliphatic rings. The Morgan fingerprint density at radius 2 is 1.90 bits per heavy atom. The Bertz CT molecular complexity index is 1100. The van der Waals surface area contributed by atoms with Gasteiger partial charge in [0.15, 0.2) is 11.5 Å². The molecule has 1 aliphatic carbocycles. The lowest BCUT2D eigenvalue weighted by atomic mass is 9.85. The normalized spacial score (nSPS) is 21.6. The number of ether oxygens (including phenoxy) is 4. The minimum atomic E-state index is -5.36. The molecule has 166 valence electrons. The zero-order valence-corrected chi connectivity index (χ0v) is 17.7. The third kappa shape index (κ3) is 4.17. The number of benzene rings is 2. The van der Waals surface area contributed by atoms with Gasteiger partial charge in [-0.25, -0.2) is 4.18 Å². The maximum absolute atomic E-state index is 13.6. The van der Waals surface area contributed by atoms with E-state index in [4.69, 9.17) is 23.1 Å². The summed E-state index contributed by atoms with van der Waals surface area (Å²) in [7, 11) is -4.18. The molecule has 2 aromatic carbocycles. The van der Waals surface area contributed by atoms with E-state index in [0.717, 1.165) is 6.42 Å². The summed E-state index contributed by atoms with van der Waals surface area (Å²) < 4.78 is 62.5. The highest BCUT2D eigenvalue weighted by Crippen LogP contribution is 2.53. The quantitative estimate of drug-likeness (QED) is 0.466. The van der Waals surface area contributed by atoms with Crippen LogP contribution in [0.4, 0.5) is 3.89 Å². The Morgan fingerprint density at radius 1 is 1.13 bits per heavy atom. The Kier molecular flexibility index (Phi) is 5.76. The van der Waals surface area contributed by atoms with E-state index in [1.807, 2.05) is 6.92 Å². The molecular formula is C21H21FO8S. The van der Waals surface area contributed by atoms with Crippen molar-refractivity contribution in [2.24, 2.45) is 5.92 Å². The van der Waals surface area contributed by atoms with Gasteiger partial charge in [0.2, 0.25) is 6.79 Å². The van der Waals surface area contributed by atoms with Crippen LogP contribution in [0.15, 0.2) is 36.4 Å². The molecular weight excluding hydrogens is 431 g/mol. The van der Waals surface area contributed by atoms with E-state index in [9.17, 15) is 17.1 Å². The van der Waals surface area contributed by atoms with Crippen LogP contribution in [0.2, 0.25) is 0 Å². The van der Waals surface area contributed by atoms with Crippen LogP contribution in [0.1, 0.15) is 42.1 Å². The van der Waals surface area contributed by atoms with Crippen molar-refractivity contribution in [2.45, 2.75) is 25.4 Å². The van der Waals surface area contributed by atoms with Crippen LogP contribution >= 0.6 is 0 Å². The minimum Gasteiger partial charge on any atom is -0.494 e. The molecule has 2 aromatic rings. The molecule has 0 fully saturated rings. The molecule has 0 N–H and O–H groups in total. The van der Waals surface area contributed by atoms with Crippen LogP contribution in [0.3, 0.4) is 0 Å². The molecule has 2 unspecified atom stereocenters. The van der Waals surface area contributed by atoms with Gasteiger partial charge in [-0.15, -0.1) is 0 Å². The number of carbonyl (C=O) groups excluding carboxylic acids is 1. The van der Waals surface area contributed by atoms with Gasteiger partial charge in [0.25, 0.3) is 0 Å². The standard InChI is InChI=1S/C21H21FO8S/c1-3-8-27-13-5-6-14-15(10-13)20(30-31(22,24)25)19(21(23)26-2)18(14)12-4-7-16-17(9-12)29-11-28-16/h4-7,9-10,18-20H,3,8,11H2,1-2H3/t18?,19?,20-/m1/s1. The van der Waals surface area contributed by atoms with Crippen molar-refractivity contribution in [1.29, 1.82) is 0 Å². The molecule has 8 nitrogen and oxygen atoms in total. The van der Waals surface area contributed by atoms with Crippen LogP contribution < -0.4 is 14.2 Å². The Hall–Kier alpha value is -2.85. The fourth-order valence-corrected chi connectivity index (χ4v) is 4.55. The first kappa shape index (κ1) is 21.4. The van der Waals surface area contributed by atoms with Crippen molar-refractivity contribution in [3.05, 3.63) is 53.1 Å². The van der Waals surface area contributed by atoms with E-state index in [0.29, 0.717) is 40.5 Å². The van der Waals surface area contributed by atoms with E-state index < -0.39 is 34.4 Å². The van der Waals surface area contributed by atoms with Gasteiger partial charge >= 0.3 is 16.5 Å². The van der Waals surface area contributed by atoms with Crippen molar-refractivity contribution in [1.82, 2.24) is 0 Å². The first-order valence-electron chi connectivity index (χ1n) is 9.69. The fourth-order valence-electron chi connectivity index (χ4n) is 4.08. The van der Waals surface area contributed by atoms with Gasteiger partial charge in [-0.3, -0.25) is 4.79 Å². The molecule has 4 rings (SSSR count). The predicted octanol–water partition coefficient (Wildman–Crippen LogP) is 3.41. The fraction of sp³-hybridized carbons (Fsp3) is 0.381. The molecule has 0 saturated carbocycles. The second kappa shape index (κ2) is 8.35. The molecule has 0 aromatic heterocycles. The Morgan fingerprint density at radius 3 is 2.61 bits per heavy atom. The summed E-state index contributed by atoms with van der Waals surface area (Å²) in [6.07, 6.45) is -0.654. The van der Waals surface area contributed by atoms with E-state index >= 15 is 0 Å². The van der Waals surface area contributed by atoms with Crippen LogP contribution in [0.25, 0.3) is 0 Å². The lowest BCUT2D eigenvalue weighted by Gasteiger charge is -2.22. The molecule has 0 saturated heterocycles. The number of halogens is 1. The van der Waals surface area contributed by atoms with Gasteiger partial charge in [0.05, 0.1) is 19.6 Å². The predicted molar refractivity (Wildman–Crippen MR) is 106 cm³/mol. The van der Waals surface area contributed by atoms with Gasteiger partial charge in [0.1, 0.15) is 11.9 Å². The number of rotatable bonds is 7. The monoisotopic (exact) mass is 452 g/mol. The zero-order chi connectivity index (χ0) is 22.2. The molecule has 10 heteroatoms. The van der Waals surface area contributed by atoms with Crippen molar-refractivity contribution in [3.8, 4) is 17.2 Å². The molecule has 0 radical (unpaired) electrons. The van der Waals surface area contributed by atoms with E-state index in [2.05, 4.69) is 0 Å². The van der Waals surface area contributed by atoms with Crippen LogP contribution in [-0.2, 0) is 24.2 Å². The summed E-state index contributed by atoms with van der Waals surface area (Å²) >= 11 is 0. The maximum Gasteiger partial charge on any atom is 0.438 e. The lowest BCUT2D eigenvalue weighted by molar-refractivity contribution is -0.148. The smallest absolute Gasteiger partial charge is 0.438 e. The second-order valence-corrected chi connectivity index (χ2v) is 8.17. The average molecular weight is 452 g/mol. The van der Waals surface area contributed by atoms with Gasteiger partial charge in [-0.2, -0.15) is 8.42 Å². The van der Waals surface area contributed by atoms with E-state index in [1.54, 1.807) is 36.4 Å². The number of hydrogen-bond acceptors (Lipinski definition) is 8. The Labute approximate surface area is 179 Å². The highest BCUT2D eigenvalue weighted by molar-refractivity contribution is 7.81. The summed E-state index contributed by atoms with van der Waals surface area (Å²) in [6.45, 7) is 2.46. The number of methoxy groups -OCH3 is 1. The topological polar surface area (TPSA) is 97.4 Å². The first-order valence-corrected chi connectivity index (χ1v) is 11.0. The Balaban J connectivity index is 1.85. The van der Waals surface area contributed by atoms with Crippen molar-refractivity contribution in [2.75, 3.05) is 20.5 Å². The SMILES string of the molecule is CCCOc1ccc2c(c1)[C@@H](OS(=O)(=O)F)C(C(=O)OC)C2c1ccc2c(c1)OCO2. The zero-order valence-electron chi connectivity index (χ0n) is 16.9. The minimum absolute atomic E-state index is 0.0738. The van der Waals surface area contributed by atoms with E-state index in [-0.39, 0.29) is 6.79 Å². The summed E-state index contributed by atoms with van der Waals surface area (Å²) in [5, 5.41) is 0. The molecule has 3 atom stereocenters. The van der Waals surface area contributed by atoms with Crippen molar-refractivity contribution in [3.63, 3.8) is 0 Å². The van der Waals surface area contributed by atoms with Crippen LogP contribution in [0, 0.1) is 5.92 Å². The molecule has 31 heavy (non-hydrogen) atoms. The molecule has 0 spiro atoms. The molecule has 0 bridgehead atoms. The lowest BCUT2D eigenvalue weighted by Crippen LogP contribution is -2.27. The van der Waals surface area contributed by atoms with Gasteiger partial charge in [-0.05, 0) is 47.4 Å². The maximum atomic E-state index is 13.6. The second-order valence-electron chi connectivity index (χ2n) is 7.19. The third-order valence-electron chi connectivity index (χ3n) is 5.31. The average Bonchev–Trinajstić information content (AvgIpc) is 3.32. The van der Waals surface area contributed by atoms with Crippen molar-refractivity contribution < 1.29 is 40.2 Å². The summed E-state index contributed by atoms with van der Waals surface area (Å²) in [4.78, 5) is 12.7. The van der Waals surface area contributed by atoms with Crippen LogP contribution in [0.5, 0.6) is 17.2 Å². The van der Waals surface area contributed by atoms with E-state index in [1.165, 1.54) is 7.11 Å². The number of hydrogen-bond donors (Lipinski definition) is 0. The summed E-state index contributed by atoms with van der Waals surface area (Å²) in [6, 6.07) is 10.2. The molecule has 0 amide bonds. The van der Waals surface area contributed by atoms with Crippen LogP contribution in [-0.4, -0.2) is 34.9 Å².